The number of aromatic nitrogens is 1. The van der Waals surface area contributed by atoms with Crippen LogP contribution in [0.5, 0.6) is 5.88 Å². The van der Waals surface area contributed by atoms with Crippen LogP contribution in [0.4, 0.5) is 5.69 Å². The van der Waals surface area contributed by atoms with E-state index in [2.05, 4.69) is 10.3 Å². The minimum atomic E-state index is -0.518. The number of pyridine rings is 1. The zero-order valence-corrected chi connectivity index (χ0v) is 13.7. The van der Waals surface area contributed by atoms with E-state index in [1.807, 2.05) is 0 Å². The van der Waals surface area contributed by atoms with E-state index >= 15 is 0 Å². The summed E-state index contributed by atoms with van der Waals surface area (Å²) < 4.78 is 15.7. The molecule has 1 N–H and O–H groups in total. The summed E-state index contributed by atoms with van der Waals surface area (Å²) in [5.74, 6) is -0.522. The smallest absolute Gasteiger partial charge is 0.339 e. The van der Waals surface area contributed by atoms with E-state index in [4.69, 9.17) is 14.2 Å². The summed E-state index contributed by atoms with van der Waals surface area (Å²) in [5, 5.41) is 2.72. The highest BCUT2D eigenvalue weighted by Gasteiger charge is 2.19. The lowest BCUT2D eigenvalue weighted by atomic mass is 10.1. The molecule has 1 aromatic heterocycles. The van der Waals surface area contributed by atoms with Crippen molar-refractivity contribution in [2.24, 2.45) is 0 Å². The molecule has 0 aliphatic carbocycles. The minimum Gasteiger partial charge on any atom is -0.472 e. The maximum Gasteiger partial charge on any atom is 0.339 e. The number of anilines is 1. The van der Waals surface area contributed by atoms with Crippen LogP contribution in [0.15, 0.2) is 42.6 Å². The van der Waals surface area contributed by atoms with Crippen molar-refractivity contribution in [2.45, 2.75) is 12.5 Å². The van der Waals surface area contributed by atoms with Gasteiger partial charge in [-0.15, -0.1) is 0 Å². The predicted molar refractivity (Wildman–Crippen MR) is 89.8 cm³/mol. The van der Waals surface area contributed by atoms with Crippen molar-refractivity contribution < 1.29 is 23.8 Å². The normalized spacial score (nSPS) is 16.3. The molecule has 2 aromatic rings. The lowest BCUT2D eigenvalue weighted by Crippen LogP contribution is -2.18. The zero-order chi connectivity index (χ0) is 17.6. The van der Waals surface area contributed by atoms with Crippen molar-refractivity contribution in [1.82, 2.24) is 4.98 Å². The van der Waals surface area contributed by atoms with E-state index < -0.39 is 5.97 Å². The molecular formula is C18H18N2O5. The average Bonchev–Trinajstić information content (AvgIpc) is 3.14. The highest BCUT2D eigenvalue weighted by atomic mass is 16.5. The lowest BCUT2D eigenvalue weighted by molar-refractivity contribution is 0.0602. The number of hydrogen-bond donors (Lipinski definition) is 1. The number of benzene rings is 1. The second-order valence-electron chi connectivity index (χ2n) is 5.48. The third kappa shape index (κ3) is 4.13. The van der Waals surface area contributed by atoms with Gasteiger partial charge in [0.15, 0.2) is 0 Å². The zero-order valence-electron chi connectivity index (χ0n) is 13.7. The van der Waals surface area contributed by atoms with E-state index in [1.165, 1.54) is 13.3 Å². The number of amides is 1. The molecule has 0 spiro atoms. The molecule has 130 valence electrons. The van der Waals surface area contributed by atoms with Crippen LogP contribution >= 0.6 is 0 Å². The fraction of sp³-hybridized carbons (Fsp3) is 0.278. The van der Waals surface area contributed by atoms with Gasteiger partial charge in [-0.1, -0.05) is 12.1 Å². The number of carbonyl (C=O) groups excluding carboxylic acids is 2. The molecule has 25 heavy (non-hydrogen) atoms. The van der Waals surface area contributed by atoms with Gasteiger partial charge in [0.05, 0.1) is 31.6 Å². The van der Waals surface area contributed by atoms with E-state index in [9.17, 15) is 9.59 Å². The van der Waals surface area contributed by atoms with Crippen molar-refractivity contribution in [3.05, 3.63) is 53.7 Å². The van der Waals surface area contributed by atoms with Gasteiger partial charge in [0, 0.05) is 24.2 Å². The predicted octanol–water partition coefficient (Wildman–Crippen LogP) is 2.29. The standard InChI is InChI=1S/C18H18N2O5/c1-23-18(22)14-4-2-3-5-15(14)20-17(21)12-6-8-19-16(10-12)25-13-7-9-24-11-13/h2-6,8,10,13H,7,9,11H2,1H3,(H,20,21)/t13-/m0/s1. The highest BCUT2D eigenvalue weighted by molar-refractivity contribution is 6.08. The molecule has 0 radical (unpaired) electrons. The maximum atomic E-state index is 12.5. The summed E-state index contributed by atoms with van der Waals surface area (Å²) >= 11 is 0. The molecule has 7 nitrogen and oxygen atoms in total. The van der Waals surface area contributed by atoms with Gasteiger partial charge in [0.25, 0.3) is 5.91 Å². The average molecular weight is 342 g/mol. The second-order valence-corrected chi connectivity index (χ2v) is 5.48. The first-order chi connectivity index (χ1) is 12.2. The number of nitrogens with one attached hydrogen (secondary N) is 1. The molecule has 1 saturated heterocycles. The molecule has 1 fully saturated rings. The highest BCUT2D eigenvalue weighted by Crippen LogP contribution is 2.19. The van der Waals surface area contributed by atoms with E-state index in [0.29, 0.717) is 30.3 Å². The monoisotopic (exact) mass is 342 g/mol. The number of methoxy groups -OCH3 is 1. The van der Waals surface area contributed by atoms with Crippen LogP contribution in [0.25, 0.3) is 0 Å². The molecule has 0 saturated carbocycles. The Morgan fingerprint density at radius 2 is 2.12 bits per heavy atom. The summed E-state index contributed by atoms with van der Waals surface area (Å²) in [6.45, 7) is 1.18. The molecule has 1 atom stereocenters. The summed E-state index contributed by atoms with van der Waals surface area (Å²) in [7, 11) is 1.29. The van der Waals surface area contributed by atoms with Crippen molar-refractivity contribution in [1.29, 1.82) is 0 Å². The number of para-hydroxylation sites is 1. The Balaban J connectivity index is 1.74. The first kappa shape index (κ1) is 16.9. The number of rotatable bonds is 5. The lowest BCUT2D eigenvalue weighted by Gasteiger charge is -2.12. The fourth-order valence-electron chi connectivity index (χ4n) is 2.47. The Kier molecular flexibility index (Phi) is 5.25. The van der Waals surface area contributed by atoms with E-state index in [0.717, 1.165) is 6.42 Å². The molecule has 1 aromatic carbocycles. The van der Waals surface area contributed by atoms with Crippen molar-refractivity contribution in [3.8, 4) is 5.88 Å². The molecule has 3 rings (SSSR count). The van der Waals surface area contributed by atoms with Gasteiger partial charge in [-0.25, -0.2) is 9.78 Å². The molecule has 0 bridgehead atoms. The van der Waals surface area contributed by atoms with Gasteiger partial charge < -0.3 is 19.5 Å². The van der Waals surface area contributed by atoms with Gasteiger partial charge in [-0.2, -0.15) is 0 Å². The number of carbonyl (C=O) groups is 2. The van der Waals surface area contributed by atoms with E-state index in [1.54, 1.807) is 36.4 Å². The van der Waals surface area contributed by atoms with Gasteiger partial charge in [-0.05, 0) is 18.2 Å². The van der Waals surface area contributed by atoms with Crippen LogP contribution in [-0.4, -0.2) is 43.3 Å². The summed E-state index contributed by atoms with van der Waals surface area (Å²) in [4.78, 5) is 28.4. The molecule has 0 unspecified atom stereocenters. The van der Waals surface area contributed by atoms with Crippen molar-refractivity contribution in [3.63, 3.8) is 0 Å². The van der Waals surface area contributed by atoms with Crippen molar-refractivity contribution >= 4 is 17.6 Å². The maximum absolute atomic E-state index is 12.5. The van der Waals surface area contributed by atoms with E-state index in [-0.39, 0.29) is 17.6 Å². The van der Waals surface area contributed by atoms with Gasteiger partial charge >= 0.3 is 5.97 Å². The van der Waals surface area contributed by atoms with Crippen LogP contribution in [0.3, 0.4) is 0 Å². The first-order valence-electron chi connectivity index (χ1n) is 7.86. The number of hydrogen-bond acceptors (Lipinski definition) is 6. The summed E-state index contributed by atoms with van der Waals surface area (Å²) in [6, 6.07) is 9.79. The molecular weight excluding hydrogens is 324 g/mol. The Morgan fingerprint density at radius 1 is 1.28 bits per heavy atom. The molecule has 1 aliphatic rings. The van der Waals surface area contributed by atoms with Crippen LogP contribution < -0.4 is 10.1 Å². The topological polar surface area (TPSA) is 86.8 Å². The Labute approximate surface area is 144 Å². The Hall–Kier alpha value is -2.93. The Bertz CT molecular complexity index is 772. The molecule has 1 amide bonds. The third-order valence-corrected chi connectivity index (χ3v) is 3.75. The Morgan fingerprint density at radius 3 is 2.88 bits per heavy atom. The molecule has 7 heteroatoms. The third-order valence-electron chi connectivity index (χ3n) is 3.75. The minimum absolute atomic E-state index is 0.0501. The number of ether oxygens (including phenoxy) is 3. The largest absolute Gasteiger partial charge is 0.472 e. The number of nitrogens with zero attached hydrogens (tertiary/aromatic N) is 1. The van der Waals surface area contributed by atoms with Crippen LogP contribution in [0, 0.1) is 0 Å². The fourth-order valence-corrected chi connectivity index (χ4v) is 2.47. The number of esters is 1. The van der Waals surface area contributed by atoms with Crippen LogP contribution in [0.2, 0.25) is 0 Å². The summed E-state index contributed by atoms with van der Waals surface area (Å²) in [5.41, 5.74) is 1.04. The SMILES string of the molecule is COC(=O)c1ccccc1NC(=O)c1ccnc(O[C@H]2CCOC2)c1. The van der Waals surface area contributed by atoms with Crippen LogP contribution in [0.1, 0.15) is 27.1 Å². The summed E-state index contributed by atoms with van der Waals surface area (Å²) in [6.07, 6.45) is 2.25. The second kappa shape index (κ2) is 7.76. The molecule has 1 aliphatic heterocycles. The van der Waals surface area contributed by atoms with Gasteiger partial charge in [-0.3, -0.25) is 4.79 Å². The van der Waals surface area contributed by atoms with Gasteiger partial charge in [0.1, 0.15) is 6.10 Å². The van der Waals surface area contributed by atoms with Crippen molar-refractivity contribution in [2.75, 3.05) is 25.6 Å². The first-order valence-corrected chi connectivity index (χ1v) is 7.86. The quantitative estimate of drug-likeness (QED) is 0.839. The van der Waals surface area contributed by atoms with Gasteiger partial charge in [0.2, 0.25) is 5.88 Å². The molecule has 2 heterocycles. The van der Waals surface area contributed by atoms with Crippen LogP contribution in [-0.2, 0) is 9.47 Å².